The normalized spacial score (nSPS) is 13.0. The van der Waals surface area contributed by atoms with E-state index in [2.05, 4.69) is 13.8 Å². The Balaban J connectivity index is 3.58. The van der Waals surface area contributed by atoms with E-state index in [0.29, 0.717) is 18.1 Å². The molecule has 0 aliphatic heterocycles. The number of carbonyl (C=O) groups is 1. The summed E-state index contributed by atoms with van der Waals surface area (Å²) in [6, 6.07) is 0. The molecule has 0 aliphatic rings. The molecular formula is C10H20O. The third-order valence-corrected chi connectivity index (χ3v) is 2.18. The Bertz CT molecular complexity index is 107. The van der Waals surface area contributed by atoms with Crippen LogP contribution in [0.4, 0.5) is 0 Å². The van der Waals surface area contributed by atoms with Crippen molar-refractivity contribution in [1.82, 2.24) is 0 Å². The molecular weight excluding hydrogens is 136 g/mol. The maximum atomic E-state index is 11.1. The van der Waals surface area contributed by atoms with Crippen LogP contribution in [0, 0.1) is 5.92 Å². The second kappa shape index (κ2) is 6.38. The first-order valence-corrected chi connectivity index (χ1v) is 4.76. The van der Waals surface area contributed by atoms with Crippen LogP contribution in [0.5, 0.6) is 0 Å². The van der Waals surface area contributed by atoms with Gasteiger partial charge in [0.1, 0.15) is 5.78 Å². The molecule has 1 heteroatoms. The Morgan fingerprint density at radius 2 is 1.91 bits per heavy atom. The first-order chi connectivity index (χ1) is 5.24. The summed E-state index contributed by atoms with van der Waals surface area (Å²) in [5.41, 5.74) is 0. The fourth-order valence-corrected chi connectivity index (χ4v) is 1.33. The predicted octanol–water partition coefficient (Wildman–Crippen LogP) is 3.18. The van der Waals surface area contributed by atoms with Gasteiger partial charge < -0.3 is 0 Å². The fraction of sp³-hybridized carbons (Fsp3) is 0.900. The van der Waals surface area contributed by atoms with Crippen LogP contribution in [0.25, 0.3) is 0 Å². The van der Waals surface area contributed by atoms with Gasteiger partial charge in [0, 0.05) is 12.8 Å². The molecule has 0 bridgehead atoms. The molecule has 0 amide bonds. The molecule has 0 aromatic heterocycles. The van der Waals surface area contributed by atoms with Crippen molar-refractivity contribution in [3.63, 3.8) is 0 Å². The molecule has 0 saturated heterocycles. The van der Waals surface area contributed by atoms with Crippen LogP contribution >= 0.6 is 0 Å². The van der Waals surface area contributed by atoms with Crippen molar-refractivity contribution in [3.8, 4) is 0 Å². The van der Waals surface area contributed by atoms with Gasteiger partial charge in [0.25, 0.3) is 0 Å². The second-order valence-corrected chi connectivity index (χ2v) is 3.16. The van der Waals surface area contributed by atoms with Crippen molar-refractivity contribution < 1.29 is 4.79 Å². The minimum Gasteiger partial charge on any atom is -0.300 e. The molecule has 0 saturated carbocycles. The van der Waals surface area contributed by atoms with Crippen LogP contribution in [0.2, 0.25) is 0 Å². The van der Waals surface area contributed by atoms with Gasteiger partial charge in [-0.1, -0.05) is 40.0 Å². The summed E-state index contributed by atoms with van der Waals surface area (Å²) in [5.74, 6) is 1.07. The Morgan fingerprint density at radius 3 is 2.27 bits per heavy atom. The highest BCUT2D eigenvalue weighted by Crippen LogP contribution is 2.15. The minimum atomic E-state index is 0.422. The highest BCUT2D eigenvalue weighted by molar-refractivity contribution is 5.78. The summed E-state index contributed by atoms with van der Waals surface area (Å²) in [6.45, 7) is 6.29. The Kier molecular flexibility index (Phi) is 6.19. The Morgan fingerprint density at radius 1 is 1.27 bits per heavy atom. The molecule has 0 rings (SSSR count). The first kappa shape index (κ1) is 10.7. The van der Waals surface area contributed by atoms with Gasteiger partial charge in [0.15, 0.2) is 0 Å². The maximum Gasteiger partial charge on any atom is 0.132 e. The molecule has 11 heavy (non-hydrogen) atoms. The zero-order valence-electron chi connectivity index (χ0n) is 8.02. The van der Waals surface area contributed by atoms with Crippen molar-refractivity contribution in [3.05, 3.63) is 0 Å². The van der Waals surface area contributed by atoms with E-state index in [1.54, 1.807) is 0 Å². The number of hydrogen-bond donors (Lipinski definition) is 0. The van der Waals surface area contributed by atoms with Gasteiger partial charge in [-0.25, -0.2) is 0 Å². The highest BCUT2D eigenvalue weighted by Gasteiger charge is 2.08. The van der Waals surface area contributed by atoms with Gasteiger partial charge in [0.05, 0.1) is 0 Å². The lowest BCUT2D eigenvalue weighted by Crippen LogP contribution is -2.06. The molecule has 0 aliphatic carbocycles. The smallest absolute Gasteiger partial charge is 0.132 e. The van der Waals surface area contributed by atoms with Crippen molar-refractivity contribution in [1.29, 1.82) is 0 Å². The number of carbonyl (C=O) groups excluding carboxylic acids is 1. The van der Waals surface area contributed by atoms with E-state index in [1.165, 1.54) is 12.8 Å². The molecule has 1 atom stereocenters. The number of ketones is 1. The fourth-order valence-electron chi connectivity index (χ4n) is 1.33. The Labute approximate surface area is 70.2 Å². The maximum absolute atomic E-state index is 11.1. The van der Waals surface area contributed by atoms with Gasteiger partial charge >= 0.3 is 0 Å². The summed E-state index contributed by atoms with van der Waals surface area (Å²) in [4.78, 5) is 11.1. The molecule has 0 aromatic carbocycles. The molecule has 0 N–H and O–H groups in total. The van der Waals surface area contributed by atoms with E-state index < -0.39 is 0 Å². The molecule has 1 unspecified atom stereocenters. The standard InChI is InChI=1S/C10H20O/c1-4-7-9(5-2)8-10(11)6-3/h9H,4-8H2,1-3H3. The Hall–Kier alpha value is -0.330. The van der Waals surface area contributed by atoms with Crippen LogP contribution in [0.3, 0.4) is 0 Å². The SMILES string of the molecule is CCCC(CC)CC(=O)CC. The number of rotatable bonds is 6. The average molecular weight is 156 g/mol. The van der Waals surface area contributed by atoms with E-state index in [9.17, 15) is 4.79 Å². The summed E-state index contributed by atoms with van der Waals surface area (Å²) in [5, 5.41) is 0. The lowest BCUT2D eigenvalue weighted by Gasteiger charge is -2.11. The first-order valence-electron chi connectivity index (χ1n) is 4.76. The van der Waals surface area contributed by atoms with Crippen LogP contribution in [-0.4, -0.2) is 5.78 Å². The average Bonchev–Trinajstić information content (AvgIpc) is 2.03. The van der Waals surface area contributed by atoms with E-state index in [1.807, 2.05) is 6.92 Å². The van der Waals surface area contributed by atoms with Gasteiger partial charge in [-0.3, -0.25) is 4.79 Å². The number of Topliss-reactive ketones (excluding diaryl/α,β-unsaturated/α-hetero) is 1. The third kappa shape index (κ3) is 5.00. The van der Waals surface area contributed by atoms with Gasteiger partial charge in [-0.05, 0) is 5.92 Å². The van der Waals surface area contributed by atoms with E-state index in [0.717, 1.165) is 12.8 Å². The summed E-state index contributed by atoms with van der Waals surface area (Å²) < 4.78 is 0. The number of hydrogen-bond acceptors (Lipinski definition) is 1. The van der Waals surface area contributed by atoms with Crippen LogP contribution in [0.1, 0.15) is 52.9 Å². The molecule has 0 spiro atoms. The molecule has 1 nitrogen and oxygen atoms in total. The molecule has 66 valence electrons. The molecule has 0 fully saturated rings. The van der Waals surface area contributed by atoms with Crippen molar-refractivity contribution in [2.24, 2.45) is 5.92 Å². The lowest BCUT2D eigenvalue weighted by molar-refractivity contribution is -0.119. The topological polar surface area (TPSA) is 17.1 Å². The van der Waals surface area contributed by atoms with Crippen LogP contribution in [-0.2, 0) is 4.79 Å². The highest BCUT2D eigenvalue weighted by atomic mass is 16.1. The van der Waals surface area contributed by atoms with Gasteiger partial charge in [0.2, 0.25) is 0 Å². The van der Waals surface area contributed by atoms with Crippen molar-refractivity contribution >= 4 is 5.78 Å². The van der Waals surface area contributed by atoms with Gasteiger partial charge in [-0.15, -0.1) is 0 Å². The molecule has 0 aromatic rings. The third-order valence-electron chi connectivity index (χ3n) is 2.18. The van der Waals surface area contributed by atoms with E-state index in [4.69, 9.17) is 0 Å². The van der Waals surface area contributed by atoms with Crippen molar-refractivity contribution in [2.75, 3.05) is 0 Å². The predicted molar refractivity (Wildman–Crippen MR) is 48.6 cm³/mol. The van der Waals surface area contributed by atoms with E-state index in [-0.39, 0.29) is 0 Å². The van der Waals surface area contributed by atoms with Crippen molar-refractivity contribution in [2.45, 2.75) is 52.9 Å². The summed E-state index contributed by atoms with van der Waals surface area (Å²) in [6.07, 6.45) is 5.08. The van der Waals surface area contributed by atoms with Crippen LogP contribution < -0.4 is 0 Å². The molecule has 0 heterocycles. The largest absolute Gasteiger partial charge is 0.300 e. The van der Waals surface area contributed by atoms with Crippen LogP contribution in [0.15, 0.2) is 0 Å². The minimum absolute atomic E-state index is 0.422. The zero-order chi connectivity index (χ0) is 8.69. The molecule has 0 radical (unpaired) electrons. The van der Waals surface area contributed by atoms with E-state index >= 15 is 0 Å². The monoisotopic (exact) mass is 156 g/mol. The zero-order valence-corrected chi connectivity index (χ0v) is 8.02. The lowest BCUT2D eigenvalue weighted by atomic mass is 9.94. The summed E-state index contributed by atoms with van der Waals surface area (Å²) >= 11 is 0. The van der Waals surface area contributed by atoms with Gasteiger partial charge in [-0.2, -0.15) is 0 Å². The second-order valence-electron chi connectivity index (χ2n) is 3.16. The quantitative estimate of drug-likeness (QED) is 0.577. The summed E-state index contributed by atoms with van der Waals surface area (Å²) in [7, 11) is 0.